The average Bonchev–Trinajstić information content (AvgIpc) is 3.15. The Labute approximate surface area is 173 Å². The maximum atomic E-state index is 13.2. The molecule has 3 rings (SSSR count). The molecule has 2 amide bonds. The lowest BCUT2D eigenvalue weighted by molar-refractivity contribution is -0.132. The lowest BCUT2D eigenvalue weighted by atomic mass is 9.96. The Kier molecular flexibility index (Phi) is 6.21. The largest absolute Gasteiger partial charge is 0.339 e. The van der Waals surface area contributed by atoms with E-state index in [0.717, 1.165) is 6.07 Å². The molecule has 1 aliphatic rings. The van der Waals surface area contributed by atoms with Crippen LogP contribution in [0, 0.1) is 5.82 Å². The molecular formula is C20H24ClFN4O3. The van der Waals surface area contributed by atoms with Crippen LogP contribution in [-0.2, 0) is 16.6 Å². The first-order valence-electron chi connectivity index (χ1n) is 9.50. The van der Waals surface area contributed by atoms with Gasteiger partial charge >= 0.3 is 0 Å². The number of benzene rings is 1. The number of aromatic nitrogens is 2. The van der Waals surface area contributed by atoms with Gasteiger partial charge in [0.1, 0.15) is 5.82 Å². The first-order valence-corrected chi connectivity index (χ1v) is 9.88. The Morgan fingerprint density at radius 2 is 1.83 bits per heavy atom. The van der Waals surface area contributed by atoms with E-state index in [1.54, 1.807) is 9.80 Å². The zero-order valence-electron chi connectivity index (χ0n) is 16.7. The summed E-state index contributed by atoms with van der Waals surface area (Å²) in [4.78, 5) is 32.8. The zero-order valence-corrected chi connectivity index (χ0v) is 17.5. The van der Waals surface area contributed by atoms with Gasteiger partial charge in [0.15, 0.2) is 5.82 Å². The van der Waals surface area contributed by atoms with E-state index in [4.69, 9.17) is 16.1 Å². The molecule has 0 aliphatic carbocycles. The first kappa shape index (κ1) is 21.2. The van der Waals surface area contributed by atoms with Crippen molar-refractivity contribution in [1.29, 1.82) is 0 Å². The van der Waals surface area contributed by atoms with Gasteiger partial charge in [0.05, 0.1) is 10.6 Å². The normalized spacial score (nSPS) is 14.9. The van der Waals surface area contributed by atoms with Crippen molar-refractivity contribution < 1.29 is 18.5 Å². The van der Waals surface area contributed by atoms with E-state index in [-0.39, 0.29) is 34.2 Å². The molecule has 0 spiro atoms. The number of hydrogen-bond donors (Lipinski definition) is 0. The summed E-state index contributed by atoms with van der Waals surface area (Å²) in [6.07, 6.45) is 0.649. The first-order chi connectivity index (χ1) is 13.6. The van der Waals surface area contributed by atoms with Crippen LogP contribution in [0.1, 0.15) is 49.3 Å². The lowest BCUT2D eigenvalue weighted by Crippen LogP contribution is -2.50. The molecule has 1 aromatic carbocycles. The van der Waals surface area contributed by atoms with Crippen LogP contribution in [0.3, 0.4) is 0 Å². The van der Waals surface area contributed by atoms with Crippen molar-refractivity contribution in [3.8, 4) is 0 Å². The SMILES string of the molecule is CC(C)(C)c1noc(CCC(=O)N2CCN(C(=O)c3ccc(F)cc3Cl)CC2)n1. The highest BCUT2D eigenvalue weighted by atomic mass is 35.5. The highest BCUT2D eigenvalue weighted by molar-refractivity contribution is 6.33. The molecule has 2 heterocycles. The van der Waals surface area contributed by atoms with Crippen LogP contribution in [0.15, 0.2) is 22.7 Å². The topological polar surface area (TPSA) is 79.5 Å². The number of rotatable bonds is 4. The molecule has 2 aromatic rings. The van der Waals surface area contributed by atoms with Crippen LogP contribution < -0.4 is 0 Å². The van der Waals surface area contributed by atoms with Crippen LogP contribution in [0.25, 0.3) is 0 Å². The van der Waals surface area contributed by atoms with E-state index in [1.165, 1.54) is 12.1 Å². The fourth-order valence-electron chi connectivity index (χ4n) is 3.03. The van der Waals surface area contributed by atoms with E-state index in [0.29, 0.717) is 44.3 Å². The van der Waals surface area contributed by atoms with Crippen molar-refractivity contribution in [3.63, 3.8) is 0 Å². The lowest BCUT2D eigenvalue weighted by Gasteiger charge is -2.35. The Balaban J connectivity index is 1.50. The minimum atomic E-state index is -0.488. The summed E-state index contributed by atoms with van der Waals surface area (Å²) in [5.74, 6) is 0.294. The number of hydrogen-bond acceptors (Lipinski definition) is 5. The van der Waals surface area contributed by atoms with Gasteiger partial charge in [-0.3, -0.25) is 9.59 Å². The highest BCUT2D eigenvalue weighted by Gasteiger charge is 2.26. The molecule has 9 heteroatoms. The molecule has 1 aromatic heterocycles. The van der Waals surface area contributed by atoms with Crippen LogP contribution >= 0.6 is 11.6 Å². The Morgan fingerprint density at radius 1 is 1.17 bits per heavy atom. The molecular weight excluding hydrogens is 399 g/mol. The van der Waals surface area contributed by atoms with E-state index in [2.05, 4.69) is 10.1 Å². The summed E-state index contributed by atoms with van der Waals surface area (Å²) in [6, 6.07) is 3.71. The maximum Gasteiger partial charge on any atom is 0.255 e. The highest BCUT2D eigenvalue weighted by Crippen LogP contribution is 2.21. The number of carbonyl (C=O) groups is 2. The number of piperazine rings is 1. The van der Waals surface area contributed by atoms with Gasteiger partial charge in [-0.25, -0.2) is 4.39 Å². The van der Waals surface area contributed by atoms with Crippen LogP contribution in [0.4, 0.5) is 4.39 Å². The van der Waals surface area contributed by atoms with Gasteiger partial charge in [-0.15, -0.1) is 0 Å². The van der Waals surface area contributed by atoms with Crippen molar-refractivity contribution in [2.45, 2.75) is 39.0 Å². The van der Waals surface area contributed by atoms with E-state index < -0.39 is 5.82 Å². The molecule has 156 valence electrons. The van der Waals surface area contributed by atoms with Crippen molar-refractivity contribution >= 4 is 23.4 Å². The molecule has 7 nitrogen and oxygen atoms in total. The van der Waals surface area contributed by atoms with Crippen LogP contribution in [0.2, 0.25) is 5.02 Å². The second kappa shape index (κ2) is 8.49. The van der Waals surface area contributed by atoms with Gasteiger partial charge in [-0.05, 0) is 18.2 Å². The zero-order chi connectivity index (χ0) is 21.2. The van der Waals surface area contributed by atoms with Crippen LogP contribution in [0.5, 0.6) is 0 Å². The van der Waals surface area contributed by atoms with Gasteiger partial charge in [-0.1, -0.05) is 37.5 Å². The maximum absolute atomic E-state index is 13.2. The molecule has 0 saturated carbocycles. The summed E-state index contributed by atoms with van der Waals surface area (Å²) in [5, 5.41) is 4.04. The number of nitrogens with zero attached hydrogens (tertiary/aromatic N) is 4. The van der Waals surface area contributed by atoms with Crippen molar-refractivity contribution in [2.24, 2.45) is 0 Å². The monoisotopic (exact) mass is 422 g/mol. The van der Waals surface area contributed by atoms with Crippen molar-refractivity contribution in [2.75, 3.05) is 26.2 Å². The van der Waals surface area contributed by atoms with Gasteiger partial charge in [0.2, 0.25) is 11.8 Å². The molecule has 1 saturated heterocycles. The number of carbonyl (C=O) groups excluding carboxylic acids is 2. The predicted octanol–water partition coefficient (Wildman–Crippen LogP) is 3.08. The predicted molar refractivity (Wildman–Crippen MR) is 105 cm³/mol. The molecule has 29 heavy (non-hydrogen) atoms. The molecule has 1 aliphatic heterocycles. The Hall–Kier alpha value is -2.48. The summed E-state index contributed by atoms with van der Waals surface area (Å²) < 4.78 is 18.4. The number of aryl methyl sites for hydroxylation is 1. The van der Waals surface area contributed by atoms with E-state index in [1.807, 2.05) is 20.8 Å². The summed E-state index contributed by atoms with van der Waals surface area (Å²) in [5.41, 5.74) is 0.0566. The molecule has 0 radical (unpaired) electrons. The Bertz CT molecular complexity index is 901. The van der Waals surface area contributed by atoms with E-state index >= 15 is 0 Å². The second-order valence-electron chi connectivity index (χ2n) is 8.06. The number of amides is 2. The fourth-order valence-corrected chi connectivity index (χ4v) is 3.27. The van der Waals surface area contributed by atoms with Gasteiger partial charge in [-0.2, -0.15) is 4.98 Å². The molecule has 1 fully saturated rings. The van der Waals surface area contributed by atoms with Gasteiger partial charge in [0.25, 0.3) is 5.91 Å². The average molecular weight is 423 g/mol. The summed E-state index contributed by atoms with van der Waals surface area (Å²) in [6.45, 7) is 7.63. The number of halogens is 2. The summed E-state index contributed by atoms with van der Waals surface area (Å²) >= 11 is 5.98. The summed E-state index contributed by atoms with van der Waals surface area (Å²) in [7, 11) is 0. The van der Waals surface area contributed by atoms with Crippen molar-refractivity contribution in [1.82, 2.24) is 19.9 Å². The molecule has 0 unspecified atom stereocenters. The second-order valence-corrected chi connectivity index (χ2v) is 8.47. The van der Waals surface area contributed by atoms with Crippen LogP contribution in [-0.4, -0.2) is 57.9 Å². The molecule has 0 atom stereocenters. The minimum Gasteiger partial charge on any atom is -0.339 e. The quantitative estimate of drug-likeness (QED) is 0.756. The standard InChI is InChI=1S/C20H24ClFN4O3/c1-20(2,3)19-23-16(29-24-19)6-7-17(27)25-8-10-26(11-9-25)18(28)14-5-4-13(22)12-15(14)21/h4-5,12H,6-11H2,1-3H3. The third-order valence-electron chi connectivity index (χ3n) is 4.77. The van der Waals surface area contributed by atoms with E-state index in [9.17, 15) is 14.0 Å². The Morgan fingerprint density at radius 3 is 2.41 bits per heavy atom. The third kappa shape index (κ3) is 5.12. The minimum absolute atomic E-state index is 0.0209. The fraction of sp³-hybridized carbons (Fsp3) is 0.500. The molecule has 0 N–H and O–H groups in total. The van der Waals surface area contributed by atoms with Crippen molar-refractivity contribution in [3.05, 3.63) is 46.3 Å². The van der Waals surface area contributed by atoms with Gasteiger partial charge < -0.3 is 14.3 Å². The molecule has 0 bridgehead atoms. The smallest absolute Gasteiger partial charge is 0.255 e. The third-order valence-corrected chi connectivity index (χ3v) is 5.09. The van der Waals surface area contributed by atoms with Gasteiger partial charge in [0, 0.05) is 44.4 Å².